The summed E-state index contributed by atoms with van der Waals surface area (Å²) in [5.41, 5.74) is 1.16. The second-order valence-electron chi connectivity index (χ2n) is 4.19. The molecule has 0 atom stereocenters. The number of rotatable bonds is 3. The quantitative estimate of drug-likeness (QED) is 0.902. The van der Waals surface area contributed by atoms with E-state index >= 15 is 0 Å². The van der Waals surface area contributed by atoms with Crippen LogP contribution in [0.25, 0.3) is 0 Å². The van der Waals surface area contributed by atoms with Crippen LogP contribution in [0.1, 0.15) is 17.3 Å². The summed E-state index contributed by atoms with van der Waals surface area (Å²) in [7, 11) is 0. The number of benzene rings is 2. The summed E-state index contributed by atoms with van der Waals surface area (Å²) in [4.78, 5) is 23.1. The van der Waals surface area contributed by atoms with Gasteiger partial charge in [-0.1, -0.05) is 18.2 Å². The van der Waals surface area contributed by atoms with Crippen molar-refractivity contribution >= 4 is 23.2 Å². The summed E-state index contributed by atoms with van der Waals surface area (Å²) in [6.07, 6.45) is 0. The standard InChI is InChI=1S/C15H13FN2O2/c1-10(19)17-13-7-2-3-8-14(13)18-15(20)11-5-4-6-12(16)9-11/h2-9H,1H3,(H,17,19)(H,18,20). The molecular formula is C15H13FN2O2. The Labute approximate surface area is 115 Å². The Hall–Kier alpha value is -2.69. The molecule has 2 aromatic rings. The molecule has 0 bridgehead atoms. The number of nitrogens with one attached hydrogen (secondary N) is 2. The molecule has 2 amide bonds. The highest BCUT2D eigenvalue weighted by Crippen LogP contribution is 2.21. The Balaban J connectivity index is 2.21. The van der Waals surface area contributed by atoms with Crippen molar-refractivity contribution in [3.8, 4) is 0 Å². The van der Waals surface area contributed by atoms with Crippen LogP contribution in [-0.2, 0) is 4.79 Å². The third-order valence-corrected chi connectivity index (χ3v) is 2.57. The van der Waals surface area contributed by atoms with Crippen molar-refractivity contribution in [2.24, 2.45) is 0 Å². The molecule has 20 heavy (non-hydrogen) atoms. The van der Waals surface area contributed by atoms with E-state index < -0.39 is 11.7 Å². The molecule has 0 heterocycles. The predicted octanol–water partition coefficient (Wildman–Crippen LogP) is 3.04. The fraction of sp³-hybridized carbons (Fsp3) is 0.0667. The number of para-hydroxylation sites is 2. The number of halogens is 1. The molecule has 0 aromatic heterocycles. The van der Waals surface area contributed by atoms with Crippen LogP contribution in [-0.4, -0.2) is 11.8 Å². The Bertz CT molecular complexity index is 656. The van der Waals surface area contributed by atoms with E-state index in [4.69, 9.17) is 0 Å². The maximum atomic E-state index is 13.1. The summed E-state index contributed by atoms with van der Waals surface area (Å²) in [5, 5.41) is 5.25. The van der Waals surface area contributed by atoms with Gasteiger partial charge in [0.1, 0.15) is 5.82 Å². The Morgan fingerprint density at radius 2 is 1.60 bits per heavy atom. The van der Waals surface area contributed by atoms with E-state index in [0.717, 1.165) is 6.07 Å². The van der Waals surface area contributed by atoms with Gasteiger partial charge in [0.2, 0.25) is 5.91 Å². The van der Waals surface area contributed by atoms with Crippen molar-refractivity contribution in [3.63, 3.8) is 0 Å². The highest BCUT2D eigenvalue weighted by Gasteiger charge is 2.10. The zero-order valence-corrected chi connectivity index (χ0v) is 10.8. The van der Waals surface area contributed by atoms with Crippen LogP contribution in [0.2, 0.25) is 0 Å². The first kappa shape index (κ1) is 13.7. The molecule has 0 saturated heterocycles. The number of hydrogen-bond donors (Lipinski definition) is 2. The lowest BCUT2D eigenvalue weighted by atomic mass is 10.2. The Morgan fingerprint density at radius 3 is 2.20 bits per heavy atom. The largest absolute Gasteiger partial charge is 0.325 e. The molecule has 0 aliphatic carbocycles. The first-order valence-electron chi connectivity index (χ1n) is 6.00. The highest BCUT2D eigenvalue weighted by atomic mass is 19.1. The van der Waals surface area contributed by atoms with Gasteiger partial charge in [-0.3, -0.25) is 9.59 Å². The van der Waals surface area contributed by atoms with Crippen molar-refractivity contribution in [2.45, 2.75) is 6.92 Å². The molecule has 2 N–H and O–H groups in total. The zero-order chi connectivity index (χ0) is 14.5. The molecule has 0 fully saturated rings. The van der Waals surface area contributed by atoms with Gasteiger partial charge in [0.15, 0.2) is 0 Å². The first-order valence-corrected chi connectivity index (χ1v) is 6.00. The topological polar surface area (TPSA) is 58.2 Å². The van der Waals surface area contributed by atoms with E-state index in [9.17, 15) is 14.0 Å². The average Bonchev–Trinajstić information content (AvgIpc) is 2.40. The van der Waals surface area contributed by atoms with Crippen molar-refractivity contribution in [1.29, 1.82) is 0 Å². The minimum absolute atomic E-state index is 0.211. The molecule has 0 spiro atoms. The molecule has 0 aliphatic rings. The summed E-state index contributed by atoms with van der Waals surface area (Å²) in [6, 6.07) is 12.2. The van der Waals surface area contributed by atoms with Crippen molar-refractivity contribution < 1.29 is 14.0 Å². The molecule has 0 saturated carbocycles. The maximum Gasteiger partial charge on any atom is 0.255 e. The summed E-state index contributed by atoms with van der Waals surface area (Å²) in [6.45, 7) is 1.38. The number of amides is 2. The van der Waals surface area contributed by atoms with Gasteiger partial charge in [-0.2, -0.15) is 0 Å². The highest BCUT2D eigenvalue weighted by molar-refractivity contribution is 6.07. The van der Waals surface area contributed by atoms with E-state index in [-0.39, 0.29) is 11.5 Å². The SMILES string of the molecule is CC(=O)Nc1ccccc1NC(=O)c1cccc(F)c1. The van der Waals surface area contributed by atoms with Crippen LogP contribution in [0.5, 0.6) is 0 Å². The Kier molecular flexibility index (Phi) is 4.10. The molecule has 2 aromatic carbocycles. The number of carbonyl (C=O) groups is 2. The summed E-state index contributed by atoms with van der Waals surface area (Å²) >= 11 is 0. The van der Waals surface area contributed by atoms with Gasteiger partial charge in [0, 0.05) is 12.5 Å². The van der Waals surface area contributed by atoms with Crippen LogP contribution >= 0.6 is 0 Å². The maximum absolute atomic E-state index is 13.1. The third-order valence-electron chi connectivity index (χ3n) is 2.57. The second kappa shape index (κ2) is 5.97. The molecule has 0 aliphatic heterocycles. The van der Waals surface area contributed by atoms with E-state index in [2.05, 4.69) is 10.6 Å². The summed E-state index contributed by atoms with van der Waals surface area (Å²) < 4.78 is 13.1. The lowest BCUT2D eigenvalue weighted by Gasteiger charge is -2.11. The van der Waals surface area contributed by atoms with Crippen LogP contribution < -0.4 is 10.6 Å². The minimum atomic E-state index is -0.479. The molecule has 2 rings (SSSR count). The van der Waals surface area contributed by atoms with E-state index in [1.807, 2.05) is 0 Å². The zero-order valence-electron chi connectivity index (χ0n) is 10.8. The monoisotopic (exact) mass is 272 g/mol. The molecule has 0 radical (unpaired) electrons. The van der Waals surface area contributed by atoms with Gasteiger partial charge in [0.05, 0.1) is 11.4 Å². The fourth-order valence-electron chi connectivity index (χ4n) is 1.71. The van der Waals surface area contributed by atoms with Crippen molar-refractivity contribution in [2.75, 3.05) is 10.6 Å². The van der Waals surface area contributed by atoms with Crippen LogP contribution in [0.3, 0.4) is 0 Å². The van der Waals surface area contributed by atoms with E-state index in [1.54, 1.807) is 24.3 Å². The molecule has 5 heteroatoms. The van der Waals surface area contributed by atoms with Gasteiger partial charge in [-0.05, 0) is 30.3 Å². The van der Waals surface area contributed by atoms with Crippen LogP contribution in [0, 0.1) is 5.82 Å². The third kappa shape index (κ3) is 3.41. The van der Waals surface area contributed by atoms with Crippen molar-refractivity contribution in [3.05, 3.63) is 59.9 Å². The molecular weight excluding hydrogens is 259 g/mol. The fourth-order valence-corrected chi connectivity index (χ4v) is 1.71. The van der Waals surface area contributed by atoms with Gasteiger partial charge in [0.25, 0.3) is 5.91 Å². The van der Waals surface area contributed by atoms with Gasteiger partial charge in [-0.25, -0.2) is 4.39 Å². The molecule has 102 valence electrons. The van der Waals surface area contributed by atoms with Gasteiger partial charge >= 0.3 is 0 Å². The lowest BCUT2D eigenvalue weighted by Crippen LogP contribution is -2.15. The second-order valence-corrected chi connectivity index (χ2v) is 4.19. The Morgan fingerprint density at radius 1 is 0.950 bits per heavy atom. The number of anilines is 2. The molecule has 0 unspecified atom stereocenters. The van der Waals surface area contributed by atoms with Gasteiger partial charge < -0.3 is 10.6 Å². The smallest absolute Gasteiger partial charge is 0.255 e. The van der Waals surface area contributed by atoms with E-state index in [1.165, 1.54) is 25.1 Å². The predicted molar refractivity (Wildman–Crippen MR) is 75.1 cm³/mol. The summed E-state index contributed by atoms with van der Waals surface area (Å²) in [5.74, 6) is -1.16. The van der Waals surface area contributed by atoms with Crippen LogP contribution in [0.4, 0.5) is 15.8 Å². The number of hydrogen-bond acceptors (Lipinski definition) is 2. The van der Waals surface area contributed by atoms with E-state index in [0.29, 0.717) is 11.4 Å². The first-order chi connectivity index (χ1) is 9.56. The van der Waals surface area contributed by atoms with Gasteiger partial charge in [-0.15, -0.1) is 0 Å². The van der Waals surface area contributed by atoms with Crippen molar-refractivity contribution in [1.82, 2.24) is 0 Å². The number of carbonyl (C=O) groups excluding carboxylic acids is 2. The molecule has 4 nitrogen and oxygen atoms in total. The van der Waals surface area contributed by atoms with Crippen LogP contribution in [0.15, 0.2) is 48.5 Å². The average molecular weight is 272 g/mol. The lowest BCUT2D eigenvalue weighted by molar-refractivity contribution is -0.114. The minimum Gasteiger partial charge on any atom is -0.325 e. The normalized spacial score (nSPS) is 9.90.